The highest BCUT2D eigenvalue weighted by Crippen LogP contribution is 2.37. The molecule has 2 saturated carbocycles. The third-order valence-corrected chi connectivity index (χ3v) is 4.07. The summed E-state index contributed by atoms with van der Waals surface area (Å²) in [4.78, 5) is 11.8. The van der Waals surface area contributed by atoms with E-state index in [1.165, 1.54) is 44.9 Å². The lowest BCUT2D eigenvalue weighted by atomic mass is 9.78. The topological polar surface area (TPSA) is 17.1 Å². The van der Waals surface area contributed by atoms with E-state index in [4.69, 9.17) is 0 Å². The van der Waals surface area contributed by atoms with E-state index >= 15 is 0 Å². The molecule has 0 aromatic rings. The summed E-state index contributed by atoms with van der Waals surface area (Å²) in [5.41, 5.74) is 0. The molecule has 0 atom stereocenters. The van der Waals surface area contributed by atoms with E-state index in [1.54, 1.807) is 0 Å². The van der Waals surface area contributed by atoms with Crippen LogP contribution in [0.5, 0.6) is 0 Å². The standard InChI is InChI=1S/C13H22O/c1-2-10-5-7-12(8-6-10)13(14)9-11-3-4-11/h10-12H,2-9H2,1H3. The Balaban J connectivity index is 1.73. The fourth-order valence-corrected chi connectivity index (χ4v) is 2.67. The van der Waals surface area contributed by atoms with Crippen molar-refractivity contribution in [3.8, 4) is 0 Å². The minimum Gasteiger partial charge on any atom is -0.299 e. The minimum atomic E-state index is 0.443. The lowest BCUT2D eigenvalue weighted by molar-refractivity contribution is -0.124. The Kier molecular flexibility index (Phi) is 3.25. The highest BCUT2D eigenvalue weighted by atomic mass is 16.1. The van der Waals surface area contributed by atoms with E-state index in [-0.39, 0.29) is 0 Å². The van der Waals surface area contributed by atoms with Crippen LogP contribution in [0.4, 0.5) is 0 Å². The Morgan fingerprint density at radius 1 is 1.00 bits per heavy atom. The Morgan fingerprint density at radius 2 is 1.57 bits per heavy atom. The molecule has 2 rings (SSSR count). The first-order valence-electron chi connectivity index (χ1n) is 6.32. The molecule has 0 radical (unpaired) electrons. The van der Waals surface area contributed by atoms with Crippen molar-refractivity contribution in [2.24, 2.45) is 17.8 Å². The molecule has 1 heteroatoms. The van der Waals surface area contributed by atoms with Gasteiger partial charge in [0.2, 0.25) is 0 Å². The minimum absolute atomic E-state index is 0.443. The molecule has 0 aliphatic heterocycles. The molecule has 1 nitrogen and oxygen atoms in total. The molecule has 0 bridgehead atoms. The van der Waals surface area contributed by atoms with Gasteiger partial charge >= 0.3 is 0 Å². The van der Waals surface area contributed by atoms with Crippen LogP contribution in [0.25, 0.3) is 0 Å². The van der Waals surface area contributed by atoms with Gasteiger partial charge in [0.1, 0.15) is 5.78 Å². The molecule has 0 amide bonds. The predicted molar refractivity (Wildman–Crippen MR) is 58.1 cm³/mol. The summed E-state index contributed by atoms with van der Waals surface area (Å²) in [6.07, 6.45) is 9.82. The second-order valence-corrected chi connectivity index (χ2v) is 5.24. The third kappa shape index (κ3) is 2.59. The van der Waals surface area contributed by atoms with Crippen LogP contribution in [-0.4, -0.2) is 5.78 Å². The molecule has 0 N–H and O–H groups in total. The Bertz CT molecular complexity index is 197. The van der Waals surface area contributed by atoms with Crippen molar-refractivity contribution in [2.45, 2.75) is 58.3 Å². The second kappa shape index (κ2) is 4.46. The van der Waals surface area contributed by atoms with Crippen LogP contribution in [0.15, 0.2) is 0 Å². The number of hydrogen-bond acceptors (Lipinski definition) is 1. The van der Waals surface area contributed by atoms with Gasteiger partial charge in [0.25, 0.3) is 0 Å². The SMILES string of the molecule is CCC1CCC(C(=O)CC2CC2)CC1. The van der Waals surface area contributed by atoms with Gasteiger partial charge < -0.3 is 0 Å². The Morgan fingerprint density at radius 3 is 2.07 bits per heavy atom. The first-order chi connectivity index (χ1) is 6.79. The summed E-state index contributed by atoms with van der Waals surface area (Å²) in [7, 11) is 0. The van der Waals surface area contributed by atoms with Gasteiger partial charge in [0.05, 0.1) is 0 Å². The van der Waals surface area contributed by atoms with Crippen molar-refractivity contribution >= 4 is 5.78 Å². The lowest BCUT2D eigenvalue weighted by Gasteiger charge is -2.26. The predicted octanol–water partition coefficient (Wildman–Crippen LogP) is 3.57. The molecular weight excluding hydrogens is 172 g/mol. The molecule has 14 heavy (non-hydrogen) atoms. The van der Waals surface area contributed by atoms with Crippen LogP contribution in [0.1, 0.15) is 58.3 Å². The lowest BCUT2D eigenvalue weighted by Crippen LogP contribution is -2.21. The van der Waals surface area contributed by atoms with E-state index in [2.05, 4.69) is 6.92 Å². The molecular formula is C13H22O. The van der Waals surface area contributed by atoms with Crippen LogP contribution in [0, 0.1) is 17.8 Å². The van der Waals surface area contributed by atoms with E-state index in [0.717, 1.165) is 18.3 Å². The van der Waals surface area contributed by atoms with Gasteiger partial charge in [-0.1, -0.05) is 13.3 Å². The highest BCUT2D eigenvalue weighted by molar-refractivity contribution is 5.81. The number of hydrogen-bond donors (Lipinski definition) is 0. The largest absolute Gasteiger partial charge is 0.299 e. The number of carbonyl (C=O) groups is 1. The molecule has 2 fully saturated rings. The molecule has 0 heterocycles. The number of carbonyl (C=O) groups excluding carboxylic acids is 1. The van der Waals surface area contributed by atoms with E-state index in [0.29, 0.717) is 11.7 Å². The summed E-state index contributed by atoms with van der Waals surface area (Å²) in [6, 6.07) is 0. The zero-order chi connectivity index (χ0) is 9.97. The van der Waals surface area contributed by atoms with Crippen LogP contribution < -0.4 is 0 Å². The van der Waals surface area contributed by atoms with Gasteiger partial charge in [0, 0.05) is 12.3 Å². The number of ketones is 1. The normalized spacial score (nSPS) is 32.9. The molecule has 0 aromatic heterocycles. The maximum Gasteiger partial charge on any atom is 0.136 e. The van der Waals surface area contributed by atoms with Gasteiger partial charge in [-0.2, -0.15) is 0 Å². The van der Waals surface area contributed by atoms with Crippen molar-refractivity contribution in [3.63, 3.8) is 0 Å². The van der Waals surface area contributed by atoms with Crippen LogP contribution in [-0.2, 0) is 4.79 Å². The number of rotatable bonds is 4. The van der Waals surface area contributed by atoms with E-state index in [9.17, 15) is 4.79 Å². The quantitative estimate of drug-likeness (QED) is 0.668. The molecule has 0 aromatic carbocycles. The first kappa shape index (κ1) is 10.2. The van der Waals surface area contributed by atoms with Crippen LogP contribution in [0.3, 0.4) is 0 Å². The van der Waals surface area contributed by atoms with Gasteiger partial charge in [-0.25, -0.2) is 0 Å². The Hall–Kier alpha value is -0.330. The summed E-state index contributed by atoms with van der Waals surface area (Å²) >= 11 is 0. The smallest absolute Gasteiger partial charge is 0.136 e. The molecule has 0 spiro atoms. The average Bonchev–Trinajstić information content (AvgIpc) is 3.02. The maximum absolute atomic E-state index is 11.8. The average molecular weight is 194 g/mol. The fourth-order valence-electron chi connectivity index (χ4n) is 2.67. The summed E-state index contributed by atoms with van der Waals surface area (Å²) < 4.78 is 0. The fraction of sp³-hybridized carbons (Fsp3) is 0.923. The Labute approximate surface area is 87.3 Å². The summed E-state index contributed by atoms with van der Waals surface area (Å²) in [5.74, 6) is 2.73. The monoisotopic (exact) mass is 194 g/mol. The molecule has 2 aliphatic rings. The third-order valence-electron chi connectivity index (χ3n) is 4.07. The maximum atomic E-state index is 11.8. The molecule has 2 aliphatic carbocycles. The van der Waals surface area contributed by atoms with Crippen molar-refractivity contribution in [3.05, 3.63) is 0 Å². The number of Topliss-reactive ketones (excluding diaryl/α,β-unsaturated/α-hetero) is 1. The summed E-state index contributed by atoms with van der Waals surface area (Å²) in [5, 5.41) is 0. The van der Waals surface area contributed by atoms with E-state index < -0.39 is 0 Å². The van der Waals surface area contributed by atoms with Crippen molar-refractivity contribution in [1.29, 1.82) is 0 Å². The van der Waals surface area contributed by atoms with Gasteiger partial charge in [-0.3, -0.25) is 4.79 Å². The van der Waals surface area contributed by atoms with Gasteiger partial charge in [-0.15, -0.1) is 0 Å². The zero-order valence-corrected chi connectivity index (χ0v) is 9.30. The van der Waals surface area contributed by atoms with Crippen molar-refractivity contribution in [2.75, 3.05) is 0 Å². The molecule has 0 saturated heterocycles. The van der Waals surface area contributed by atoms with Crippen molar-refractivity contribution in [1.82, 2.24) is 0 Å². The summed E-state index contributed by atoms with van der Waals surface area (Å²) in [6.45, 7) is 2.27. The van der Waals surface area contributed by atoms with Crippen molar-refractivity contribution < 1.29 is 4.79 Å². The van der Waals surface area contributed by atoms with E-state index in [1.807, 2.05) is 0 Å². The van der Waals surface area contributed by atoms with Gasteiger partial charge in [-0.05, 0) is 50.4 Å². The first-order valence-corrected chi connectivity index (χ1v) is 6.32. The second-order valence-electron chi connectivity index (χ2n) is 5.24. The highest BCUT2D eigenvalue weighted by Gasteiger charge is 2.30. The molecule has 0 unspecified atom stereocenters. The van der Waals surface area contributed by atoms with Crippen LogP contribution >= 0.6 is 0 Å². The van der Waals surface area contributed by atoms with Gasteiger partial charge in [0.15, 0.2) is 0 Å². The van der Waals surface area contributed by atoms with Crippen LogP contribution in [0.2, 0.25) is 0 Å². The molecule has 80 valence electrons. The zero-order valence-electron chi connectivity index (χ0n) is 9.30.